The van der Waals surface area contributed by atoms with Crippen molar-refractivity contribution in [1.29, 1.82) is 0 Å². The molecule has 1 amide bonds. The molecule has 1 aliphatic carbocycles. The number of ether oxygens (including phenoxy) is 1. The summed E-state index contributed by atoms with van der Waals surface area (Å²) in [5, 5.41) is 18.3. The van der Waals surface area contributed by atoms with Gasteiger partial charge in [0.1, 0.15) is 5.82 Å². The molecule has 4 heterocycles. The first-order chi connectivity index (χ1) is 17.3. The molecule has 1 aromatic carbocycles. The minimum absolute atomic E-state index is 0.0740. The fourth-order valence-corrected chi connectivity index (χ4v) is 5.92. The van der Waals surface area contributed by atoms with Gasteiger partial charge in [-0.25, -0.2) is 4.68 Å². The van der Waals surface area contributed by atoms with Gasteiger partial charge in [-0.15, -0.1) is 10.2 Å². The van der Waals surface area contributed by atoms with Crippen LogP contribution >= 0.6 is 11.8 Å². The van der Waals surface area contributed by atoms with Gasteiger partial charge in [-0.05, 0) is 31.7 Å². The van der Waals surface area contributed by atoms with Crippen LogP contribution in [-0.4, -0.2) is 53.9 Å². The van der Waals surface area contributed by atoms with E-state index in [1.165, 1.54) is 24.6 Å². The first kappa shape index (κ1) is 22.4. The molecule has 3 aromatic heterocycles. The highest BCUT2D eigenvalue weighted by atomic mass is 32.2. The van der Waals surface area contributed by atoms with Crippen LogP contribution in [0.4, 0.5) is 5.82 Å². The number of hydrogen-bond acceptors (Lipinski definition) is 6. The van der Waals surface area contributed by atoms with Crippen molar-refractivity contribution in [2.45, 2.75) is 62.4 Å². The molecule has 0 unspecified atom stereocenters. The molecule has 9 nitrogen and oxygen atoms in total. The number of nitrogens with one attached hydrogen (secondary N) is 2. The zero-order valence-corrected chi connectivity index (χ0v) is 20.3. The van der Waals surface area contributed by atoms with E-state index in [1.54, 1.807) is 6.20 Å². The molecule has 0 bridgehead atoms. The second kappa shape index (κ2) is 9.87. The number of amides is 1. The van der Waals surface area contributed by atoms with E-state index in [0.717, 1.165) is 65.6 Å². The maximum atomic E-state index is 12.9. The highest BCUT2D eigenvalue weighted by Gasteiger charge is 2.24. The lowest BCUT2D eigenvalue weighted by molar-refractivity contribution is -0.113. The Labute approximate surface area is 207 Å². The Kier molecular flexibility index (Phi) is 6.30. The molecule has 1 aliphatic heterocycles. The smallest absolute Gasteiger partial charge is 0.235 e. The SMILES string of the molecule is O=C(CSc1nnc(-c2c[nH]c3ccccc23)n1C[C@@H]1CCCO1)Nc1ccnn1C1CCCC1. The normalized spacial score (nSPS) is 18.6. The van der Waals surface area contributed by atoms with Gasteiger partial charge in [-0.3, -0.25) is 9.36 Å². The maximum absolute atomic E-state index is 12.9. The summed E-state index contributed by atoms with van der Waals surface area (Å²) in [4.78, 5) is 16.2. The molecule has 0 radical (unpaired) electrons. The largest absolute Gasteiger partial charge is 0.376 e. The molecule has 2 N–H and O–H groups in total. The Morgan fingerprint density at radius 2 is 2.03 bits per heavy atom. The van der Waals surface area contributed by atoms with Crippen LogP contribution in [0.1, 0.15) is 44.6 Å². The van der Waals surface area contributed by atoms with Crippen molar-refractivity contribution in [3.63, 3.8) is 0 Å². The van der Waals surface area contributed by atoms with E-state index >= 15 is 0 Å². The molecule has 1 saturated heterocycles. The minimum Gasteiger partial charge on any atom is -0.376 e. The van der Waals surface area contributed by atoms with Crippen molar-refractivity contribution in [3.8, 4) is 11.4 Å². The van der Waals surface area contributed by atoms with Crippen LogP contribution in [0.15, 0.2) is 47.9 Å². The van der Waals surface area contributed by atoms with E-state index < -0.39 is 0 Å². The predicted molar refractivity (Wildman–Crippen MR) is 135 cm³/mol. The van der Waals surface area contributed by atoms with Gasteiger partial charge >= 0.3 is 0 Å². The number of aromatic amines is 1. The first-order valence-corrected chi connectivity index (χ1v) is 13.3. The van der Waals surface area contributed by atoms with Gasteiger partial charge in [0, 0.05) is 35.3 Å². The van der Waals surface area contributed by atoms with Crippen LogP contribution in [0.3, 0.4) is 0 Å². The third-order valence-corrected chi connectivity index (χ3v) is 7.86. The Morgan fingerprint density at radius 3 is 2.89 bits per heavy atom. The molecule has 1 atom stereocenters. The highest BCUT2D eigenvalue weighted by molar-refractivity contribution is 7.99. The third kappa shape index (κ3) is 4.60. The van der Waals surface area contributed by atoms with Crippen LogP contribution in [0.2, 0.25) is 0 Å². The van der Waals surface area contributed by atoms with E-state index in [9.17, 15) is 4.79 Å². The van der Waals surface area contributed by atoms with Gasteiger partial charge in [0.2, 0.25) is 5.91 Å². The van der Waals surface area contributed by atoms with Crippen LogP contribution in [0.25, 0.3) is 22.3 Å². The van der Waals surface area contributed by atoms with E-state index in [2.05, 4.69) is 42.3 Å². The summed E-state index contributed by atoms with van der Waals surface area (Å²) < 4.78 is 9.98. The summed E-state index contributed by atoms with van der Waals surface area (Å²) in [5.41, 5.74) is 2.06. The van der Waals surface area contributed by atoms with E-state index in [4.69, 9.17) is 4.74 Å². The number of anilines is 1. The number of benzene rings is 1. The lowest BCUT2D eigenvalue weighted by atomic mass is 10.1. The maximum Gasteiger partial charge on any atom is 0.235 e. The molecular weight excluding hydrogens is 462 g/mol. The van der Waals surface area contributed by atoms with Crippen molar-refractivity contribution in [3.05, 3.63) is 42.7 Å². The van der Waals surface area contributed by atoms with Crippen molar-refractivity contribution < 1.29 is 9.53 Å². The number of H-pyrrole nitrogens is 1. The summed E-state index contributed by atoms with van der Waals surface area (Å²) >= 11 is 1.40. The second-order valence-electron chi connectivity index (χ2n) is 9.24. The van der Waals surface area contributed by atoms with Gasteiger partial charge in [-0.2, -0.15) is 5.10 Å². The van der Waals surface area contributed by atoms with Gasteiger partial charge in [0.15, 0.2) is 11.0 Å². The zero-order valence-electron chi connectivity index (χ0n) is 19.5. The summed E-state index contributed by atoms with van der Waals surface area (Å²) in [6.07, 6.45) is 10.6. The molecule has 10 heteroatoms. The van der Waals surface area contributed by atoms with Crippen LogP contribution < -0.4 is 5.32 Å². The lowest BCUT2D eigenvalue weighted by Gasteiger charge is -2.15. The molecule has 1 saturated carbocycles. The average Bonchev–Trinajstić information content (AvgIpc) is 3.69. The molecule has 35 heavy (non-hydrogen) atoms. The molecular formula is C25H29N7O2S. The van der Waals surface area contributed by atoms with Gasteiger partial charge < -0.3 is 15.0 Å². The molecule has 4 aromatic rings. The number of nitrogens with zero attached hydrogens (tertiary/aromatic N) is 5. The summed E-state index contributed by atoms with van der Waals surface area (Å²) in [7, 11) is 0. The average molecular weight is 492 g/mol. The Hall–Kier alpha value is -3.11. The number of carbonyl (C=O) groups excluding carboxylic acids is 1. The topological polar surface area (TPSA) is 103 Å². The van der Waals surface area contributed by atoms with Crippen molar-refractivity contribution >= 4 is 34.4 Å². The zero-order chi connectivity index (χ0) is 23.6. The number of para-hydroxylation sites is 1. The van der Waals surface area contributed by atoms with Gasteiger partial charge in [0.25, 0.3) is 0 Å². The molecule has 2 aliphatic rings. The predicted octanol–water partition coefficient (Wildman–Crippen LogP) is 4.65. The van der Waals surface area contributed by atoms with Crippen molar-refractivity contribution in [2.75, 3.05) is 17.7 Å². The Balaban J connectivity index is 1.21. The lowest BCUT2D eigenvalue weighted by Crippen LogP contribution is -2.20. The second-order valence-corrected chi connectivity index (χ2v) is 10.2. The fourth-order valence-electron chi connectivity index (χ4n) is 5.17. The fraction of sp³-hybridized carbons (Fsp3) is 0.440. The van der Waals surface area contributed by atoms with Crippen LogP contribution in [-0.2, 0) is 16.1 Å². The van der Waals surface area contributed by atoms with E-state index in [1.807, 2.05) is 29.1 Å². The third-order valence-electron chi connectivity index (χ3n) is 6.90. The molecule has 6 rings (SSSR count). The monoisotopic (exact) mass is 491 g/mol. The van der Waals surface area contributed by atoms with Crippen LogP contribution in [0.5, 0.6) is 0 Å². The molecule has 0 spiro atoms. The van der Waals surface area contributed by atoms with Crippen LogP contribution in [0, 0.1) is 0 Å². The molecule has 2 fully saturated rings. The minimum atomic E-state index is -0.0740. The van der Waals surface area contributed by atoms with Crippen molar-refractivity contribution in [1.82, 2.24) is 29.5 Å². The summed E-state index contributed by atoms with van der Waals surface area (Å²) in [6.45, 7) is 1.45. The summed E-state index contributed by atoms with van der Waals surface area (Å²) in [5.74, 6) is 1.73. The number of thioether (sulfide) groups is 1. The number of rotatable bonds is 8. The standard InChI is InChI=1S/C25H29N7O2S/c33-23(28-22-11-12-27-32(22)17-6-1-2-7-17)16-35-25-30-29-24(31(25)15-18-8-5-13-34-18)20-14-26-21-10-4-3-9-19(20)21/h3-4,9-12,14,17-18,26H,1-2,5-8,13,15-16H2,(H,28,33)/t18-/m0/s1. The number of carbonyl (C=O) groups is 1. The highest BCUT2D eigenvalue weighted by Crippen LogP contribution is 2.33. The first-order valence-electron chi connectivity index (χ1n) is 12.3. The molecule has 182 valence electrons. The van der Waals surface area contributed by atoms with Gasteiger partial charge in [-0.1, -0.05) is 42.8 Å². The van der Waals surface area contributed by atoms with E-state index in [0.29, 0.717) is 12.6 Å². The quantitative estimate of drug-likeness (QED) is 0.348. The number of aromatic nitrogens is 6. The Morgan fingerprint density at radius 1 is 1.14 bits per heavy atom. The Bertz CT molecular complexity index is 1310. The van der Waals surface area contributed by atoms with Gasteiger partial charge in [0.05, 0.1) is 30.6 Å². The number of hydrogen-bond donors (Lipinski definition) is 2. The van der Waals surface area contributed by atoms with Crippen molar-refractivity contribution in [2.24, 2.45) is 0 Å². The van der Waals surface area contributed by atoms with E-state index in [-0.39, 0.29) is 17.8 Å². The summed E-state index contributed by atoms with van der Waals surface area (Å²) in [6, 6.07) is 10.4. The number of fused-ring (bicyclic) bond motifs is 1.